The fourth-order valence-corrected chi connectivity index (χ4v) is 5.80. The number of nitrogens with one attached hydrogen (secondary N) is 1. The number of ether oxygens (including phenoxy) is 1. The van der Waals surface area contributed by atoms with E-state index < -0.39 is 28.5 Å². The lowest BCUT2D eigenvalue weighted by Crippen LogP contribution is -2.53. The van der Waals surface area contributed by atoms with Crippen LogP contribution >= 0.6 is 11.6 Å². The van der Waals surface area contributed by atoms with Crippen LogP contribution in [0.2, 0.25) is 5.02 Å². The molecule has 10 heteroatoms. The topological polar surface area (TPSA) is 96.0 Å². The first-order valence-corrected chi connectivity index (χ1v) is 15.0. The first-order valence-electron chi connectivity index (χ1n) is 13.2. The number of benzene rings is 3. The lowest BCUT2D eigenvalue weighted by molar-refractivity contribution is -0.140. The summed E-state index contributed by atoms with van der Waals surface area (Å²) in [4.78, 5) is 28.9. The van der Waals surface area contributed by atoms with Crippen LogP contribution in [-0.4, -0.2) is 50.9 Å². The van der Waals surface area contributed by atoms with Gasteiger partial charge in [-0.2, -0.15) is 0 Å². The molecule has 214 valence electrons. The van der Waals surface area contributed by atoms with Crippen LogP contribution in [-0.2, 0) is 26.2 Å². The molecule has 0 bridgehead atoms. The zero-order valence-corrected chi connectivity index (χ0v) is 24.8. The minimum absolute atomic E-state index is 0.0345. The molecule has 0 aliphatic heterocycles. The van der Waals surface area contributed by atoms with E-state index in [1.165, 1.54) is 24.1 Å². The Morgan fingerprint density at radius 1 is 0.925 bits per heavy atom. The lowest BCUT2D eigenvalue weighted by Gasteiger charge is -2.34. The van der Waals surface area contributed by atoms with E-state index in [-0.39, 0.29) is 29.1 Å². The number of sulfonamides is 1. The lowest BCUT2D eigenvalue weighted by atomic mass is 10.1. The van der Waals surface area contributed by atoms with Crippen LogP contribution in [0.3, 0.4) is 0 Å². The molecule has 2 unspecified atom stereocenters. The normalized spacial score (nSPS) is 12.7. The molecule has 0 fully saturated rings. The predicted molar refractivity (Wildman–Crippen MR) is 158 cm³/mol. The Labute approximate surface area is 241 Å². The summed E-state index contributed by atoms with van der Waals surface area (Å²) in [6.07, 6.45) is 1.05. The van der Waals surface area contributed by atoms with Gasteiger partial charge in [0.2, 0.25) is 11.8 Å². The standard InChI is InChI=1S/C30H36ClN3O5S/c1-5-22(3)32-30(36)28(6-2)33(20-23-12-10-11-15-27(23)31)29(35)21-34(24-16-18-25(39-4)19-17-24)40(37,38)26-13-8-7-9-14-26/h7-19,22,28H,5-6,20-21H2,1-4H3,(H,32,36). The number of hydrogen-bond donors (Lipinski definition) is 1. The van der Waals surface area contributed by atoms with E-state index in [1.807, 2.05) is 20.8 Å². The Morgan fingerprint density at radius 2 is 1.55 bits per heavy atom. The number of methoxy groups -OCH3 is 1. The van der Waals surface area contributed by atoms with Crippen molar-refractivity contribution in [3.05, 3.63) is 89.4 Å². The average molecular weight is 586 g/mol. The van der Waals surface area contributed by atoms with Crippen LogP contribution in [0.15, 0.2) is 83.8 Å². The zero-order valence-electron chi connectivity index (χ0n) is 23.2. The van der Waals surface area contributed by atoms with Gasteiger partial charge in [0, 0.05) is 17.6 Å². The summed E-state index contributed by atoms with van der Waals surface area (Å²) in [5, 5.41) is 3.40. The number of rotatable bonds is 13. The highest BCUT2D eigenvalue weighted by atomic mass is 35.5. The summed E-state index contributed by atoms with van der Waals surface area (Å²) in [6.45, 7) is 5.17. The Balaban J connectivity index is 2.06. The van der Waals surface area contributed by atoms with Crippen molar-refractivity contribution >= 4 is 39.1 Å². The number of carbonyl (C=O) groups is 2. The molecule has 40 heavy (non-hydrogen) atoms. The van der Waals surface area contributed by atoms with Crippen molar-refractivity contribution < 1.29 is 22.7 Å². The molecule has 3 aromatic rings. The maximum absolute atomic E-state index is 14.1. The van der Waals surface area contributed by atoms with Crippen LogP contribution in [0.25, 0.3) is 0 Å². The third kappa shape index (κ3) is 7.55. The van der Waals surface area contributed by atoms with Gasteiger partial charge in [-0.1, -0.05) is 61.8 Å². The van der Waals surface area contributed by atoms with Gasteiger partial charge in [-0.15, -0.1) is 0 Å². The molecule has 0 radical (unpaired) electrons. The summed E-state index contributed by atoms with van der Waals surface area (Å²) < 4.78 is 34.0. The van der Waals surface area contributed by atoms with Crippen molar-refractivity contribution in [3.8, 4) is 5.75 Å². The SMILES string of the molecule is CCC(C)NC(=O)C(CC)N(Cc1ccccc1Cl)C(=O)CN(c1ccc(OC)cc1)S(=O)(=O)c1ccccc1. The van der Waals surface area contributed by atoms with Crippen LogP contribution in [0.5, 0.6) is 5.75 Å². The van der Waals surface area contributed by atoms with Crippen molar-refractivity contribution in [3.63, 3.8) is 0 Å². The summed E-state index contributed by atoms with van der Waals surface area (Å²) in [5.41, 5.74) is 0.932. The first kappa shape index (κ1) is 31.0. The van der Waals surface area contributed by atoms with Gasteiger partial charge >= 0.3 is 0 Å². The van der Waals surface area contributed by atoms with Gasteiger partial charge in [0.15, 0.2) is 0 Å². The number of halogens is 1. The smallest absolute Gasteiger partial charge is 0.264 e. The van der Waals surface area contributed by atoms with Gasteiger partial charge in [0.25, 0.3) is 10.0 Å². The number of amides is 2. The Hall–Kier alpha value is -3.56. The van der Waals surface area contributed by atoms with E-state index in [4.69, 9.17) is 16.3 Å². The van der Waals surface area contributed by atoms with E-state index in [9.17, 15) is 18.0 Å². The van der Waals surface area contributed by atoms with Crippen molar-refractivity contribution in [2.45, 2.75) is 57.1 Å². The van der Waals surface area contributed by atoms with Crippen LogP contribution in [0, 0.1) is 0 Å². The Bertz CT molecular complexity index is 1380. The highest BCUT2D eigenvalue weighted by Gasteiger charge is 2.34. The van der Waals surface area contributed by atoms with Crippen LogP contribution < -0.4 is 14.4 Å². The number of anilines is 1. The van der Waals surface area contributed by atoms with Crippen molar-refractivity contribution in [1.82, 2.24) is 10.2 Å². The molecule has 2 amide bonds. The maximum Gasteiger partial charge on any atom is 0.264 e. The highest BCUT2D eigenvalue weighted by molar-refractivity contribution is 7.92. The molecule has 2 atom stereocenters. The van der Waals surface area contributed by atoms with Gasteiger partial charge in [0.1, 0.15) is 18.3 Å². The van der Waals surface area contributed by atoms with Crippen molar-refractivity contribution in [2.75, 3.05) is 18.0 Å². The second kappa shape index (κ2) is 14.2. The summed E-state index contributed by atoms with van der Waals surface area (Å²) >= 11 is 6.43. The van der Waals surface area contributed by atoms with Gasteiger partial charge in [-0.05, 0) is 67.8 Å². The van der Waals surface area contributed by atoms with E-state index in [0.29, 0.717) is 22.8 Å². The molecular weight excluding hydrogens is 550 g/mol. The van der Waals surface area contributed by atoms with Gasteiger partial charge in [0.05, 0.1) is 17.7 Å². The molecule has 0 spiro atoms. The summed E-state index contributed by atoms with van der Waals surface area (Å²) in [5.74, 6) is -0.305. The molecular formula is C30H36ClN3O5S. The largest absolute Gasteiger partial charge is 0.497 e. The van der Waals surface area contributed by atoms with E-state index in [1.54, 1.807) is 66.7 Å². The second-order valence-corrected chi connectivity index (χ2v) is 11.6. The number of nitrogens with zero attached hydrogens (tertiary/aromatic N) is 2. The fraction of sp³-hybridized carbons (Fsp3) is 0.333. The van der Waals surface area contributed by atoms with Crippen molar-refractivity contribution in [2.24, 2.45) is 0 Å². The molecule has 0 aliphatic carbocycles. The molecule has 0 aromatic heterocycles. The fourth-order valence-electron chi connectivity index (χ4n) is 4.17. The monoisotopic (exact) mass is 585 g/mol. The Kier molecular flexibility index (Phi) is 11.0. The number of hydrogen-bond acceptors (Lipinski definition) is 5. The summed E-state index contributed by atoms with van der Waals surface area (Å²) in [6, 6.07) is 20.5. The van der Waals surface area contributed by atoms with E-state index >= 15 is 0 Å². The average Bonchev–Trinajstić information content (AvgIpc) is 2.97. The maximum atomic E-state index is 14.1. The minimum Gasteiger partial charge on any atom is -0.497 e. The van der Waals surface area contributed by atoms with Crippen LogP contribution in [0.4, 0.5) is 5.69 Å². The van der Waals surface area contributed by atoms with Crippen molar-refractivity contribution in [1.29, 1.82) is 0 Å². The molecule has 0 heterocycles. The zero-order chi connectivity index (χ0) is 29.3. The Morgan fingerprint density at radius 3 is 2.12 bits per heavy atom. The third-order valence-electron chi connectivity index (χ3n) is 6.66. The van der Waals surface area contributed by atoms with Gasteiger partial charge < -0.3 is 15.0 Å². The van der Waals surface area contributed by atoms with Gasteiger partial charge in [-0.3, -0.25) is 13.9 Å². The third-order valence-corrected chi connectivity index (χ3v) is 8.81. The molecule has 0 saturated heterocycles. The van der Waals surface area contributed by atoms with Crippen LogP contribution in [0.1, 0.15) is 39.2 Å². The molecule has 3 aromatic carbocycles. The quantitative estimate of drug-likeness (QED) is 0.295. The summed E-state index contributed by atoms with van der Waals surface area (Å²) in [7, 11) is -2.63. The van der Waals surface area contributed by atoms with Gasteiger partial charge in [-0.25, -0.2) is 8.42 Å². The molecule has 0 aliphatic rings. The predicted octanol–water partition coefficient (Wildman–Crippen LogP) is 5.27. The molecule has 1 N–H and O–H groups in total. The van der Waals surface area contributed by atoms with E-state index in [2.05, 4.69) is 5.32 Å². The highest BCUT2D eigenvalue weighted by Crippen LogP contribution is 2.27. The second-order valence-electron chi connectivity index (χ2n) is 9.38. The molecule has 3 rings (SSSR count). The first-order chi connectivity index (χ1) is 19.1. The van der Waals surface area contributed by atoms with E-state index in [0.717, 1.165) is 10.7 Å². The molecule has 0 saturated carbocycles. The molecule has 8 nitrogen and oxygen atoms in total. The minimum atomic E-state index is -4.14. The number of carbonyl (C=O) groups excluding carboxylic acids is 2.